The minimum absolute atomic E-state index is 0.0980. The third-order valence-electron chi connectivity index (χ3n) is 2.19. The molecule has 1 aromatic rings. The predicted octanol–water partition coefficient (Wildman–Crippen LogP) is 1.86. The first-order valence-corrected chi connectivity index (χ1v) is 5.51. The molecule has 0 aliphatic carbocycles. The van der Waals surface area contributed by atoms with E-state index in [2.05, 4.69) is 12.6 Å². The average molecular weight is 266 g/mol. The Morgan fingerprint density at radius 1 is 1.61 bits per heavy atom. The number of carbonyl (C=O) groups is 1. The molecule has 0 bridgehead atoms. The number of esters is 1. The van der Waals surface area contributed by atoms with Crippen molar-refractivity contribution < 1.29 is 14.5 Å². The predicted molar refractivity (Wildman–Crippen MR) is 65.4 cm³/mol. The average Bonchev–Trinajstić information content (AvgIpc) is 2.31. The quantitative estimate of drug-likeness (QED) is 0.388. The van der Waals surface area contributed by atoms with Crippen LogP contribution in [-0.2, 0) is 16.0 Å². The largest absolute Gasteiger partial charge is 0.466 e. The van der Waals surface area contributed by atoms with Crippen LogP contribution in [0.4, 0.5) is 5.69 Å². The van der Waals surface area contributed by atoms with Gasteiger partial charge in [-0.15, -0.1) is 12.6 Å². The van der Waals surface area contributed by atoms with E-state index < -0.39 is 16.6 Å². The van der Waals surface area contributed by atoms with Crippen LogP contribution in [0.2, 0.25) is 0 Å². The van der Waals surface area contributed by atoms with Crippen molar-refractivity contribution in [1.82, 2.24) is 0 Å². The second kappa shape index (κ2) is 6.02. The molecule has 7 heteroatoms. The lowest BCUT2D eigenvalue weighted by molar-refractivity contribution is -0.386. The second-order valence-corrected chi connectivity index (χ2v) is 3.79. The zero-order chi connectivity index (χ0) is 13.7. The summed E-state index contributed by atoms with van der Waals surface area (Å²) >= 11 is 4.07. The molecule has 0 N–H and O–H groups in total. The normalized spacial score (nSPS) is 9.61. The zero-order valence-corrected chi connectivity index (χ0v) is 10.4. The van der Waals surface area contributed by atoms with Crippen molar-refractivity contribution in [2.75, 3.05) is 6.61 Å². The summed E-state index contributed by atoms with van der Waals surface area (Å²) in [6.45, 7) is 1.83. The Balaban J connectivity index is 3.28. The van der Waals surface area contributed by atoms with Crippen LogP contribution in [0.5, 0.6) is 0 Å². The molecule has 0 aromatic heterocycles. The molecule has 0 amide bonds. The molecule has 0 aliphatic rings. The van der Waals surface area contributed by atoms with Gasteiger partial charge in [-0.2, -0.15) is 5.26 Å². The fourth-order valence-electron chi connectivity index (χ4n) is 1.46. The molecule has 0 atom stereocenters. The maximum atomic E-state index is 11.4. The number of nitro benzene ring substituents is 1. The third-order valence-corrected chi connectivity index (χ3v) is 2.61. The molecule has 0 fully saturated rings. The Morgan fingerprint density at radius 2 is 2.28 bits per heavy atom. The van der Waals surface area contributed by atoms with Gasteiger partial charge in [0.15, 0.2) is 0 Å². The number of nitrogens with zero attached hydrogens (tertiary/aromatic N) is 2. The van der Waals surface area contributed by atoms with Gasteiger partial charge in [-0.3, -0.25) is 14.9 Å². The van der Waals surface area contributed by atoms with E-state index in [1.807, 2.05) is 0 Å². The van der Waals surface area contributed by atoms with Crippen LogP contribution in [0.3, 0.4) is 0 Å². The van der Waals surface area contributed by atoms with Crippen LogP contribution in [0, 0.1) is 21.4 Å². The lowest BCUT2D eigenvalue weighted by Crippen LogP contribution is -2.10. The first-order chi connectivity index (χ1) is 8.51. The van der Waals surface area contributed by atoms with Gasteiger partial charge in [0, 0.05) is 4.90 Å². The number of carbonyl (C=O) groups excluding carboxylic acids is 1. The van der Waals surface area contributed by atoms with Crippen molar-refractivity contribution in [3.8, 4) is 6.07 Å². The highest BCUT2D eigenvalue weighted by atomic mass is 32.1. The number of hydrogen-bond acceptors (Lipinski definition) is 6. The summed E-state index contributed by atoms with van der Waals surface area (Å²) in [6, 6.07) is 4.47. The van der Waals surface area contributed by atoms with Crippen molar-refractivity contribution in [2.24, 2.45) is 0 Å². The van der Waals surface area contributed by atoms with Crippen LogP contribution in [0.25, 0.3) is 0 Å². The van der Waals surface area contributed by atoms with Crippen LogP contribution >= 0.6 is 12.6 Å². The smallest absolute Gasteiger partial charge is 0.310 e. The molecule has 0 heterocycles. The van der Waals surface area contributed by atoms with E-state index in [-0.39, 0.29) is 29.1 Å². The van der Waals surface area contributed by atoms with Gasteiger partial charge in [-0.05, 0) is 19.1 Å². The topological polar surface area (TPSA) is 93.2 Å². The number of hydrogen-bond donors (Lipinski definition) is 1. The number of benzene rings is 1. The van der Waals surface area contributed by atoms with Crippen molar-refractivity contribution in [1.29, 1.82) is 5.26 Å². The standard InChI is InChI=1S/C11H10N2O4S/c1-2-17-10(14)5-8-9(18)4-3-7(6-12)11(8)13(15)16/h3-4,18H,2,5H2,1H3. The van der Waals surface area contributed by atoms with Gasteiger partial charge >= 0.3 is 5.97 Å². The summed E-state index contributed by atoms with van der Waals surface area (Å²) < 4.78 is 4.73. The molecule has 1 rings (SSSR count). The second-order valence-electron chi connectivity index (χ2n) is 3.31. The third kappa shape index (κ3) is 2.99. The van der Waals surface area contributed by atoms with Crippen molar-refractivity contribution in [3.05, 3.63) is 33.4 Å². The number of thiol groups is 1. The molecule has 0 saturated heterocycles. The Labute approximate surface area is 109 Å². The lowest BCUT2D eigenvalue weighted by atomic mass is 10.1. The van der Waals surface area contributed by atoms with Gasteiger partial charge in [0.1, 0.15) is 11.6 Å². The maximum absolute atomic E-state index is 11.4. The van der Waals surface area contributed by atoms with Crippen LogP contribution in [0.1, 0.15) is 18.1 Å². The highest BCUT2D eigenvalue weighted by Gasteiger charge is 2.24. The van der Waals surface area contributed by atoms with Gasteiger partial charge in [0.2, 0.25) is 0 Å². The highest BCUT2D eigenvalue weighted by Crippen LogP contribution is 2.29. The number of rotatable bonds is 4. The molecule has 0 aliphatic heterocycles. The van der Waals surface area contributed by atoms with E-state index in [4.69, 9.17) is 10.00 Å². The Kier molecular flexibility index (Phi) is 4.68. The minimum atomic E-state index is -0.688. The van der Waals surface area contributed by atoms with E-state index in [0.717, 1.165) is 0 Å². The number of nitro groups is 1. The van der Waals surface area contributed by atoms with E-state index in [9.17, 15) is 14.9 Å². The van der Waals surface area contributed by atoms with Crippen LogP contribution in [-0.4, -0.2) is 17.5 Å². The number of nitriles is 1. The number of ether oxygens (including phenoxy) is 1. The Morgan fingerprint density at radius 3 is 2.78 bits per heavy atom. The van der Waals surface area contributed by atoms with Crippen molar-refractivity contribution in [2.45, 2.75) is 18.2 Å². The van der Waals surface area contributed by atoms with E-state index in [1.165, 1.54) is 12.1 Å². The molecule has 94 valence electrons. The zero-order valence-electron chi connectivity index (χ0n) is 9.54. The van der Waals surface area contributed by atoms with Gasteiger partial charge in [0.25, 0.3) is 5.69 Å². The van der Waals surface area contributed by atoms with E-state index in [1.54, 1.807) is 13.0 Å². The van der Waals surface area contributed by atoms with Gasteiger partial charge in [-0.25, -0.2) is 0 Å². The Hall–Kier alpha value is -2.07. The highest BCUT2D eigenvalue weighted by molar-refractivity contribution is 7.80. The molecule has 6 nitrogen and oxygen atoms in total. The van der Waals surface area contributed by atoms with Gasteiger partial charge in [-0.1, -0.05) is 0 Å². The fraction of sp³-hybridized carbons (Fsp3) is 0.273. The summed E-state index contributed by atoms with van der Waals surface area (Å²) in [5.74, 6) is -0.592. The molecule has 1 aromatic carbocycles. The molecular formula is C11H10N2O4S. The van der Waals surface area contributed by atoms with Crippen LogP contribution in [0.15, 0.2) is 17.0 Å². The molecule has 0 spiro atoms. The van der Waals surface area contributed by atoms with E-state index >= 15 is 0 Å². The monoisotopic (exact) mass is 266 g/mol. The maximum Gasteiger partial charge on any atom is 0.310 e. The summed E-state index contributed by atoms with van der Waals surface area (Å²) in [4.78, 5) is 21.9. The lowest BCUT2D eigenvalue weighted by Gasteiger charge is -2.07. The Bertz CT molecular complexity index is 537. The van der Waals surface area contributed by atoms with Gasteiger partial charge in [0.05, 0.1) is 23.5 Å². The first-order valence-electron chi connectivity index (χ1n) is 5.06. The summed E-state index contributed by atoms with van der Waals surface area (Å²) in [6.07, 6.45) is -0.279. The first kappa shape index (κ1) is 14.0. The van der Waals surface area contributed by atoms with E-state index in [0.29, 0.717) is 0 Å². The molecule has 0 saturated carbocycles. The minimum Gasteiger partial charge on any atom is -0.466 e. The SMILES string of the molecule is CCOC(=O)Cc1c(S)ccc(C#N)c1[N+](=O)[O-]. The van der Waals surface area contributed by atoms with Crippen molar-refractivity contribution >= 4 is 24.3 Å². The summed E-state index contributed by atoms with van der Waals surface area (Å²) in [5.41, 5.74) is -0.393. The molecule has 18 heavy (non-hydrogen) atoms. The summed E-state index contributed by atoms with van der Waals surface area (Å²) in [5, 5.41) is 19.8. The van der Waals surface area contributed by atoms with Gasteiger partial charge < -0.3 is 4.74 Å². The van der Waals surface area contributed by atoms with Crippen molar-refractivity contribution in [3.63, 3.8) is 0 Å². The fourth-order valence-corrected chi connectivity index (χ4v) is 1.71. The molecule has 0 radical (unpaired) electrons. The molecular weight excluding hydrogens is 256 g/mol. The summed E-state index contributed by atoms with van der Waals surface area (Å²) in [7, 11) is 0. The van der Waals surface area contributed by atoms with Crippen LogP contribution < -0.4 is 0 Å². The molecule has 0 unspecified atom stereocenters.